The Hall–Kier alpha value is -8.00. The van der Waals surface area contributed by atoms with Gasteiger partial charge in [-0.05, 0) is 72.8 Å². The lowest BCUT2D eigenvalue weighted by Crippen LogP contribution is -2.03. The number of hydrogen-bond acceptors (Lipinski definition) is 11. The fourth-order valence-electron chi connectivity index (χ4n) is 6.56. The number of nitrogens with zero attached hydrogens (tertiary/aromatic N) is 8. The molecule has 0 amide bonds. The van der Waals surface area contributed by atoms with Crippen LogP contribution in [0.25, 0.3) is 56.9 Å². The third kappa shape index (κ3) is 5.79. The molecule has 0 radical (unpaired) electrons. The average molecular weight is 725 g/mol. The highest BCUT2D eigenvalue weighted by Crippen LogP contribution is 2.40. The second-order valence-electron chi connectivity index (χ2n) is 12.4. The van der Waals surface area contributed by atoms with E-state index in [-0.39, 0.29) is 11.5 Å². The molecule has 14 nitrogen and oxygen atoms in total. The van der Waals surface area contributed by atoms with Crippen molar-refractivity contribution in [1.82, 2.24) is 39.5 Å². The number of nitrogens with one attached hydrogen (secondary N) is 2. The van der Waals surface area contributed by atoms with Crippen molar-refractivity contribution in [2.45, 2.75) is 0 Å². The van der Waals surface area contributed by atoms with Gasteiger partial charge in [0.05, 0.1) is 41.0 Å². The topological polar surface area (TPSA) is 175 Å². The van der Waals surface area contributed by atoms with Crippen molar-refractivity contribution in [3.05, 3.63) is 145 Å². The Morgan fingerprint density at radius 2 is 0.982 bits per heavy atom. The molecule has 4 aromatic heterocycles. The zero-order valence-corrected chi connectivity index (χ0v) is 29.0. The maximum atomic E-state index is 11.7. The second kappa shape index (κ2) is 13.5. The number of para-hydroxylation sites is 2. The summed E-state index contributed by atoms with van der Waals surface area (Å²) in [6.45, 7) is 0. The molecule has 6 heterocycles. The molecule has 14 heteroatoms. The molecular formula is C41H28N10O4. The number of carboxylic acid groups (broad SMARTS) is 1. The number of ether oxygens (including phenoxy) is 1. The van der Waals surface area contributed by atoms with E-state index in [0.29, 0.717) is 28.9 Å². The van der Waals surface area contributed by atoms with Gasteiger partial charge in [0.25, 0.3) is 0 Å². The molecule has 0 aliphatic carbocycles. The molecule has 3 N–H and O–H groups in total. The Labute approximate surface area is 312 Å². The fourth-order valence-corrected chi connectivity index (χ4v) is 6.56. The third-order valence-corrected chi connectivity index (χ3v) is 9.18. The van der Waals surface area contributed by atoms with E-state index >= 15 is 0 Å². The lowest BCUT2D eigenvalue weighted by molar-refractivity contribution is 0.0599. The molecule has 0 spiro atoms. The van der Waals surface area contributed by atoms with Crippen LogP contribution >= 0.6 is 0 Å². The predicted octanol–water partition coefficient (Wildman–Crippen LogP) is 7.59. The van der Waals surface area contributed by atoms with Gasteiger partial charge in [-0.15, -0.1) is 20.4 Å². The van der Waals surface area contributed by atoms with Gasteiger partial charge in [0.2, 0.25) is 0 Å². The van der Waals surface area contributed by atoms with Gasteiger partial charge in [-0.3, -0.25) is 9.13 Å². The molecule has 55 heavy (non-hydrogen) atoms. The van der Waals surface area contributed by atoms with E-state index in [9.17, 15) is 9.59 Å². The summed E-state index contributed by atoms with van der Waals surface area (Å²) in [4.78, 5) is 31.8. The Morgan fingerprint density at radius 3 is 1.44 bits per heavy atom. The average Bonchev–Trinajstić information content (AvgIpc) is 3.81. The maximum Gasteiger partial charge on any atom is 0.337 e. The summed E-state index contributed by atoms with van der Waals surface area (Å²) >= 11 is 0. The standard InChI is InChI=1S/C21H15N5O2.C20H13N5O2/c1-28-21(27)14-10-8-13(9-11-14)19-24-25-20-15-5-2-3-6-16(15)23-18-17(26(19)20)7-4-12-22-18;26-20(27)13-9-7-12(8-10-13)18-23-24-19-14-4-1-2-5-15(14)22-17-16(25(18)19)6-3-11-21-17/h2-12H,1H3,(H,22,23);1-11H,(H,21,22)(H,26,27). The number of carbonyl (C=O) groups is 2. The van der Waals surface area contributed by atoms with Gasteiger partial charge >= 0.3 is 11.9 Å². The number of hydrogen-bond donors (Lipinski definition) is 3. The van der Waals surface area contributed by atoms with Crippen LogP contribution in [0.1, 0.15) is 20.7 Å². The monoisotopic (exact) mass is 724 g/mol. The normalized spacial score (nSPS) is 11.5. The second-order valence-corrected chi connectivity index (χ2v) is 12.4. The first-order valence-electron chi connectivity index (χ1n) is 17.1. The van der Waals surface area contributed by atoms with Crippen molar-refractivity contribution < 1.29 is 19.4 Å². The van der Waals surface area contributed by atoms with Crippen LogP contribution in [0.4, 0.5) is 23.0 Å². The van der Waals surface area contributed by atoms with E-state index in [0.717, 1.165) is 56.6 Å². The Morgan fingerprint density at radius 1 is 0.545 bits per heavy atom. The van der Waals surface area contributed by atoms with E-state index in [1.165, 1.54) is 7.11 Å². The van der Waals surface area contributed by atoms with Gasteiger partial charge in [0, 0.05) is 34.6 Å². The van der Waals surface area contributed by atoms with E-state index in [1.807, 2.05) is 94.1 Å². The summed E-state index contributed by atoms with van der Waals surface area (Å²) in [7, 11) is 1.36. The van der Waals surface area contributed by atoms with E-state index in [1.54, 1.807) is 48.8 Å². The van der Waals surface area contributed by atoms with Crippen LogP contribution in [0.15, 0.2) is 134 Å². The van der Waals surface area contributed by atoms with E-state index in [4.69, 9.17) is 9.84 Å². The highest BCUT2D eigenvalue weighted by Gasteiger charge is 2.26. The number of aromatic carboxylic acids is 1. The van der Waals surface area contributed by atoms with Crippen molar-refractivity contribution in [1.29, 1.82) is 0 Å². The highest BCUT2D eigenvalue weighted by molar-refractivity contribution is 5.91. The number of esters is 1. The third-order valence-electron chi connectivity index (χ3n) is 9.18. The molecule has 8 aromatic rings. The zero-order chi connectivity index (χ0) is 37.5. The minimum atomic E-state index is -0.964. The highest BCUT2D eigenvalue weighted by atomic mass is 16.5. The Bertz CT molecular complexity index is 2760. The fraction of sp³-hybridized carbons (Fsp3) is 0.0244. The number of benzene rings is 4. The Kier molecular flexibility index (Phi) is 8.08. The van der Waals surface area contributed by atoms with Crippen LogP contribution in [-0.4, -0.2) is 63.7 Å². The van der Waals surface area contributed by atoms with Crippen LogP contribution in [0, 0.1) is 0 Å². The minimum absolute atomic E-state index is 0.225. The molecular weight excluding hydrogens is 697 g/mol. The molecule has 0 atom stereocenters. The summed E-state index contributed by atoms with van der Waals surface area (Å²) < 4.78 is 8.69. The first-order valence-corrected chi connectivity index (χ1v) is 17.1. The molecule has 0 saturated heterocycles. The predicted molar refractivity (Wildman–Crippen MR) is 205 cm³/mol. The number of anilines is 4. The first kappa shape index (κ1) is 32.9. The largest absolute Gasteiger partial charge is 0.478 e. The van der Waals surface area contributed by atoms with E-state index in [2.05, 4.69) is 41.0 Å². The lowest BCUT2D eigenvalue weighted by Gasteiger charge is -2.11. The number of rotatable bonds is 4. The zero-order valence-electron chi connectivity index (χ0n) is 29.0. The molecule has 0 saturated carbocycles. The van der Waals surface area contributed by atoms with Crippen LogP contribution in [0.5, 0.6) is 0 Å². The molecule has 2 aliphatic heterocycles. The van der Waals surface area contributed by atoms with Crippen molar-refractivity contribution in [3.8, 4) is 56.9 Å². The molecule has 0 fully saturated rings. The van der Waals surface area contributed by atoms with Gasteiger partial charge in [-0.1, -0.05) is 48.5 Å². The summed E-state index contributed by atoms with van der Waals surface area (Å²) in [6, 6.07) is 37.1. The van der Waals surface area contributed by atoms with Crippen molar-refractivity contribution in [2.24, 2.45) is 0 Å². The molecule has 0 bridgehead atoms. The van der Waals surface area contributed by atoms with E-state index < -0.39 is 5.97 Å². The van der Waals surface area contributed by atoms with Gasteiger partial charge < -0.3 is 20.5 Å². The van der Waals surface area contributed by atoms with Crippen molar-refractivity contribution in [3.63, 3.8) is 0 Å². The number of fused-ring (bicyclic) bond motifs is 10. The van der Waals surface area contributed by atoms with Crippen molar-refractivity contribution in [2.75, 3.05) is 17.7 Å². The van der Waals surface area contributed by atoms with Crippen LogP contribution in [0.3, 0.4) is 0 Å². The minimum Gasteiger partial charge on any atom is -0.478 e. The number of carboxylic acids is 1. The van der Waals surface area contributed by atoms with Crippen LogP contribution in [-0.2, 0) is 4.74 Å². The molecule has 0 unspecified atom stereocenters. The molecule has 10 rings (SSSR count). The Balaban J connectivity index is 0.000000144. The SMILES string of the molecule is COC(=O)c1ccc(-c2nnc3n2-c2cccnc2Nc2ccccc2-3)cc1.O=C(O)c1ccc(-c2nnc3n2-c2cccnc2Nc2ccccc2-3)cc1. The summed E-state index contributed by atoms with van der Waals surface area (Å²) in [6.07, 6.45) is 3.47. The maximum absolute atomic E-state index is 11.7. The van der Waals surface area contributed by atoms with Gasteiger partial charge in [0.15, 0.2) is 34.9 Å². The van der Waals surface area contributed by atoms with Gasteiger partial charge in [-0.2, -0.15) is 0 Å². The number of carbonyl (C=O) groups excluding carboxylic acids is 1. The van der Waals surface area contributed by atoms with Gasteiger partial charge in [-0.25, -0.2) is 19.6 Å². The summed E-state index contributed by atoms with van der Waals surface area (Å²) in [5, 5.41) is 33.6. The van der Waals surface area contributed by atoms with Crippen LogP contribution in [0.2, 0.25) is 0 Å². The quantitative estimate of drug-likeness (QED) is 0.152. The first-order chi connectivity index (χ1) is 27.0. The van der Waals surface area contributed by atoms with Crippen LogP contribution < -0.4 is 10.6 Å². The number of pyridine rings is 2. The van der Waals surface area contributed by atoms with Crippen molar-refractivity contribution >= 4 is 34.9 Å². The molecule has 4 aromatic carbocycles. The summed E-state index contributed by atoms with van der Waals surface area (Å²) in [5.74, 6) is 2.79. The molecule has 266 valence electrons. The van der Waals surface area contributed by atoms with Gasteiger partial charge in [0.1, 0.15) is 0 Å². The number of aromatic nitrogens is 8. The number of methoxy groups -OCH3 is 1. The smallest absolute Gasteiger partial charge is 0.337 e. The summed E-state index contributed by atoms with van der Waals surface area (Å²) in [5.41, 5.74) is 7.66. The molecule has 2 aliphatic rings. The lowest BCUT2D eigenvalue weighted by atomic mass is 10.1.